The van der Waals surface area contributed by atoms with E-state index in [0.717, 1.165) is 0 Å². The van der Waals surface area contributed by atoms with Gasteiger partial charge < -0.3 is 4.74 Å². The third-order valence-corrected chi connectivity index (χ3v) is 3.44. The SMILES string of the molecule is CCOC(=O)C(=Cc1ccccc1C=S=O)C(=O)CSC. The maximum absolute atomic E-state index is 12.1. The molecule has 0 aliphatic heterocycles. The molecule has 0 bridgehead atoms. The molecule has 0 saturated carbocycles. The highest BCUT2D eigenvalue weighted by Gasteiger charge is 2.19. The minimum Gasteiger partial charge on any atom is -0.462 e. The van der Waals surface area contributed by atoms with Crippen LogP contribution in [0.15, 0.2) is 29.8 Å². The minimum absolute atomic E-state index is 0.00273. The Morgan fingerprint density at radius 3 is 2.48 bits per heavy atom. The largest absolute Gasteiger partial charge is 0.462 e. The third-order valence-electron chi connectivity index (χ3n) is 2.54. The van der Waals surface area contributed by atoms with Crippen molar-refractivity contribution < 1.29 is 18.5 Å². The molecule has 21 heavy (non-hydrogen) atoms. The van der Waals surface area contributed by atoms with Crippen LogP contribution < -0.4 is 0 Å². The summed E-state index contributed by atoms with van der Waals surface area (Å²) < 4.78 is 15.6. The quantitative estimate of drug-likeness (QED) is 0.252. The molecule has 1 rings (SSSR count). The van der Waals surface area contributed by atoms with Crippen molar-refractivity contribution in [1.82, 2.24) is 0 Å². The third kappa shape index (κ3) is 5.32. The molecule has 0 N–H and O–H groups in total. The number of ketones is 1. The van der Waals surface area contributed by atoms with Gasteiger partial charge in [0.2, 0.25) is 0 Å². The van der Waals surface area contributed by atoms with Crippen LogP contribution in [-0.2, 0) is 25.6 Å². The molecule has 1 aromatic rings. The summed E-state index contributed by atoms with van der Waals surface area (Å²) >= 11 is 1.66. The van der Waals surface area contributed by atoms with E-state index in [-0.39, 0.29) is 23.7 Å². The van der Waals surface area contributed by atoms with Gasteiger partial charge in [-0.1, -0.05) is 24.3 Å². The van der Waals surface area contributed by atoms with Crippen LogP contribution in [-0.4, -0.2) is 39.9 Å². The summed E-state index contributed by atoms with van der Waals surface area (Å²) in [6.07, 6.45) is 3.27. The van der Waals surface area contributed by atoms with Gasteiger partial charge >= 0.3 is 5.97 Å². The predicted octanol–water partition coefficient (Wildman–Crippen LogP) is 1.93. The first kappa shape index (κ1) is 17.4. The number of rotatable bonds is 7. The van der Waals surface area contributed by atoms with E-state index in [2.05, 4.69) is 0 Å². The van der Waals surface area contributed by atoms with E-state index in [4.69, 9.17) is 4.74 Å². The lowest BCUT2D eigenvalue weighted by atomic mass is 10.0. The Morgan fingerprint density at radius 2 is 1.90 bits per heavy atom. The molecule has 0 aliphatic rings. The molecule has 0 unspecified atom stereocenters. The lowest BCUT2D eigenvalue weighted by Crippen LogP contribution is -2.17. The second-order valence-corrected chi connectivity index (χ2v) is 5.27. The normalized spacial score (nSPS) is 10.9. The van der Waals surface area contributed by atoms with Gasteiger partial charge in [-0.05, 0) is 30.4 Å². The van der Waals surface area contributed by atoms with Crippen LogP contribution in [0.25, 0.3) is 6.08 Å². The number of ether oxygens (including phenoxy) is 1. The van der Waals surface area contributed by atoms with E-state index in [9.17, 15) is 13.8 Å². The van der Waals surface area contributed by atoms with E-state index in [1.165, 1.54) is 23.2 Å². The standard InChI is InChI=1S/C15H16O4S2/c1-3-19-15(17)13(14(16)10-20-2)8-11-6-4-5-7-12(11)9-21-18/h4-9H,3,10H2,1-2H3. The summed E-state index contributed by atoms with van der Waals surface area (Å²) in [6.45, 7) is 1.89. The first-order chi connectivity index (χ1) is 10.1. The zero-order valence-electron chi connectivity index (χ0n) is 11.8. The molecular formula is C15H16O4S2. The average molecular weight is 324 g/mol. The molecule has 0 spiro atoms. The van der Waals surface area contributed by atoms with Crippen LogP contribution in [0.1, 0.15) is 18.1 Å². The Bertz CT molecular complexity index is 581. The predicted molar refractivity (Wildman–Crippen MR) is 87.7 cm³/mol. The summed E-state index contributed by atoms with van der Waals surface area (Å²) in [7, 11) is 0. The monoisotopic (exact) mass is 324 g/mol. The highest BCUT2D eigenvalue weighted by atomic mass is 32.2. The number of esters is 1. The summed E-state index contributed by atoms with van der Waals surface area (Å²) in [5.41, 5.74) is 1.30. The van der Waals surface area contributed by atoms with Crippen molar-refractivity contribution in [2.45, 2.75) is 6.92 Å². The molecule has 1 aromatic carbocycles. The van der Waals surface area contributed by atoms with E-state index < -0.39 is 5.97 Å². The van der Waals surface area contributed by atoms with Gasteiger partial charge in [0, 0.05) is 5.37 Å². The first-order valence-electron chi connectivity index (χ1n) is 6.25. The number of Topliss-reactive ketones (excluding diaryl/α,β-unsaturated/α-hetero) is 1. The molecule has 4 nitrogen and oxygen atoms in total. The fourth-order valence-electron chi connectivity index (χ4n) is 1.63. The maximum Gasteiger partial charge on any atom is 0.341 e. The van der Waals surface area contributed by atoms with Crippen molar-refractivity contribution >= 4 is 46.2 Å². The van der Waals surface area contributed by atoms with Crippen molar-refractivity contribution in [2.24, 2.45) is 0 Å². The van der Waals surface area contributed by atoms with Crippen LogP contribution in [0.3, 0.4) is 0 Å². The Hall–Kier alpha value is -1.66. The number of benzene rings is 1. The zero-order valence-corrected chi connectivity index (χ0v) is 13.5. The molecule has 0 atom stereocenters. The van der Waals surface area contributed by atoms with Gasteiger partial charge in [-0.15, -0.1) is 0 Å². The fourth-order valence-corrected chi connectivity index (χ4v) is 2.36. The molecule has 0 amide bonds. The second-order valence-electron chi connectivity index (χ2n) is 3.98. The fraction of sp³-hybridized carbons (Fsp3) is 0.267. The Labute approximate surface area is 131 Å². The molecule has 0 heterocycles. The van der Waals surface area contributed by atoms with Crippen molar-refractivity contribution in [2.75, 3.05) is 18.6 Å². The molecule has 6 heteroatoms. The van der Waals surface area contributed by atoms with Gasteiger partial charge in [0.1, 0.15) is 5.57 Å². The van der Waals surface area contributed by atoms with Crippen molar-refractivity contribution in [3.63, 3.8) is 0 Å². The van der Waals surface area contributed by atoms with Crippen LogP contribution in [0.4, 0.5) is 0 Å². The number of carbonyl (C=O) groups is 2. The van der Waals surface area contributed by atoms with Gasteiger partial charge in [0.25, 0.3) is 0 Å². The molecule has 0 radical (unpaired) electrons. The first-order valence-corrected chi connectivity index (χ1v) is 8.45. The molecule has 0 fully saturated rings. The van der Waals surface area contributed by atoms with E-state index >= 15 is 0 Å². The van der Waals surface area contributed by atoms with Gasteiger partial charge in [0.15, 0.2) is 5.78 Å². The lowest BCUT2D eigenvalue weighted by Gasteiger charge is -2.07. The Balaban J connectivity index is 3.27. The molecular weight excluding hydrogens is 308 g/mol. The summed E-state index contributed by atoms with van der Waals surface area (Å²) in [5.74, 6) is -0.723. The highest BCUT2D eigenvalue weighted by Crippen LogP contribution is 2.14. The van der Waals surface area contributed by atoms with Gasteiger partial charge in [-0.2, -0.15) is 11.8 Å². The number of thioether (sulfide) groups is 1. The molecule has 0 aromatic heterocycles. The van der Waals surface area contributed by atoms with Crippen LogP contribution >= 0.6 is 11.8 Å². The lowest BCUT2D eigenvalue weighted by molar-refractivity contribution is -0.139. The van der Waals surface area contributed by atoms with Crippen molar-refractivity contribution in [1.29, 1.82) is 0 Å². The number of hydrogen-bond acceptors (Lipinski definition) is 5. The minimum atomic E-state index is -0.638. The molecule has 112 valence electrons. The zero-order chi connectivity index (χ0) is 15.7. The Kier molecular flexibility index (Phi) is 7.71. The molecule has 0 saturated heterocycles. The van der Waals surface area contributed by atoms with Crippen LogP contribution in [0.5, 0.6) is 0 Å². The van der Waals surface area contributed by atoms with Crippen LogP contribution in [0.2, 0.25) is 0 Å². The summed E-state index contributed by atoms with van der Waals surface area (Å²) in [6, 6.07) is 7.06. The van der Waals surface area contributed by atoms with Crippen LogP contribution in [0, 0.1) is 0 Å². The topological polar surface area (TPSA) is 60.4 Å². The van der Waals surface area contributed by atoms with Gasteiger partial charge in [-0.25, -0.2) is 9.00 Å². The number of carbonyl (C=O) groups excluding carboxylic acids is 2. The van der Waals surface area contributed by atoms with Gasteiger partial charge in [-0.3, -0.25) is 4.79 Å². The average Bonchev–Trinajstić information content (AvgIpc) is 2.47. The van der Waals surface area contributed by atoms with E-state index in [1.807, 2.05) is 0 Å². The molecule has 0 aliphatic carbocycles. The van der Waals surface area contributed by atoms with E-state index in [1.54, 1.807) is 37.4 Å². The van der Waals surface area contributed by atoms with Gasteiger partial charge in [0.05, 0.1) is 23.6 Å². The smallest absolute Gasteiger partial charge is 0.341 e. The summed E-state index contributed by atoms with van der Waals surface area (Å²) in [5, 5.41) is 1.42. The van der Waals surface area contributed by atoms with Crippen molar-refractivity contribution in [3.8, 4) is 0 Å². The summed E-state index contributed by atoms with van der Waals surface area (Å²) in [4.78, 5) is 24.0. The van der Waals surface area contributed by atoms with Crippen molar-refractivity contribution in [3.05, 3.63) is 41.0 Å². The van der Waals surface area contributed by atoms with E-state index in [0.29, 0.717) is 22.4 Å². The second kappa shape index (κ2) is 9.31. The number of hydrogen-bond donors (Lipinski definition) is 0. The maximum atomic E-state index is 12.1. The highest BCUT2D eigenvalue weighted by molar-refractivity contribution is 7.99. The Morgan fingerprint density at radius 1 is 1.24 bits per heavy atom.